The third kappa shape index (κ3) is 16.2. The molecule has 0 spiro atoms. The number of hydrogen-bond donors (Lipinski definition) is 0. The zero-order chi connectivity index (χ0) is 96.5. The van der Waals surface area contributed by atoms with Crippen molar-refractivity contribution in [1.29, 1.82) is 0 Å². The normalized spacial score (nSPS) is 11.6. The van der Waals surface area contributed by atoms with Gasteiger partial charge < -0.3 is 0 Å². The molecule has 26 aromatic carbocycles. The Morgan fingerprint density at radius 2 is 0.274 bits per heavy atom. The van der Waals surface area contributed by atoms with Gasteiger partial charge in [-0.05, 0) is 233 Å². The summed E-state index contributed by atoms with van der Waals surface area (Å²) in [5.41, 5.74) is 15.6. The summed E-state index contributed by atoms with van der Waals surface area (Å²) in [7, 11) is 0. The summed E-state index contributed by atoms with van der Waals surface area (Å²) in [5, 5.41) is 34.4. The predicted octanol–water partition coefficient (Wildman–Crippen LogP) is 35.8. The lowest BCUT2D eigenvalue weighted by molar-refractivity contribution is 1.07. The number of nitrogens with zero attached hydrogens (tertiary/aromatic N) is 9. The van der Waals surface area contributed by atoms with Gasteiger partial charge in [0.25, 0.3) is 0 Å². The minimum Gasteiger partial charge on any atom is -0.208 e. The monoisotopic (exact) mass is 1860 g/mol. The van der Waals surface area contributed by atoms with Crippen molar-refractivity contribution in [1.82, 2.24) is 44.9 Å². The van der Waals surface area contributed by atoms with E-state index in [0.29, 0.717) is 52.4 Å². The van der Waals surface area contributed by atoms with E-state index in [1.807, 2.05) is 48.5 Å². The number of aromatic nitrogens is 9. The van der Waals surface area contributed by atoms with E-state index in [1.165, 1.54) is 141 Å². The standard InChI is InChI=1S/2C47H29N3.C43H27N3/c1-3-10-36-27-39(21-15-30(36)7-1)46-48-45(49-47(50-46)40-22-16-31-8-2-4-11-37(31)28-40)35-18-13-32(14-19-35)38-20-17-34-24-25-42-41-12-6-5-9-33(41)23-26-43(42)44(34)29-38;1-2-12-33(13-3-1)45-48-46(36-21-18-30-10-4-5-14-34(30)28-36)50-47(49-45)43-27-26-38(39-16-8-9-17-40(39)43)35-20-19-32-23-24-41-37-15-7-6-11-31(37)22-25-42(41)44(32)29-35;1-2-10-32(11-3-1)41-44-42(46-43(45-41)36-21-16-28-8-4-5-12-34(28)26-36)33-18-14-29(15-19-33)35-20-17-31-23-24-38-37-13-7-6-9-30(37)22-25-39(38)40(31)27-35/h2*1-29H;1-27H. The molecule has 0 bridgehead atoms. The fourth-order valence-corrected chi connectivity index (χ4v) is 21.1. The Morgan fingerprint density at radius 1 is 0.0822 bits per heavy atom. The number of benzene rings is 26. The van der Waals surface area contributed by atoms with Crippen LogP contribution in [0.1, 0.15) is 0 Å². The second kappa shape index (κ2) is 36.6. The molecule has 0 N–H and O–H groups in total. The smallest absolute Gasteiger partial charge is 0.164 e. The van der Waals surface area contributed by atoms with Gasteiger partial charge in [-0.1, -0.05) is 467 Å². The van der Waals surface area contributed by atoms with Crippen molar-refractivity contribution in [3.8, 4) is 136 Å². The van der Waals surface area contributed by atoms with E-state index < -0.39 is 0 Å². The van der Waals surface area contributed by atoms with Crippen LogP contribution in [0.2, 0.25) is 0 Å². The van der Waals surface area contributed by atoms with Gasteiger partial charge in [0.15, 0.2) is 52.4 Å². The van der Waals surface area contributed by atoms with Gasteiger partial charge in [0.05, 0.1) is 0 Å². The first-order valence-electron chi connectivity index (χ1n) is 49.4. The minimum absolute atomic E-state index is 0.647. The average molecular weight is 1860 g/mol. The van der Waals surface area contributed by atoms with Crippen LogP contribution < -0.4 is 0 Å². The van der Waals surface area contributed by atoms with Crippen molar-refractivity contribution < 1.29 is 0 Å². The molecule has 9 nitrogen and oxygen atoms in total. The van der Waals surface area contributed by atoms with Crippen LogP contribution in [0.15, 0.2) is 516 Å². The molecule has 29 rings (SSSR count). The highest BCUT2D eigenvalue weighted by Gasteiger charge is 2.22. The molecule has 3 heterocycles. The van der Waals surface area contributed by atoms with Crippen LogP contribution >= 0.6 is 0 Å². The first kappa shape index (κ1) is 85.6. The van der Waals surface area contributed by atoms with Crippen LogP contribution in [0.5, 0.6) is 0 Å². The highest BCUT2D eigenvalue weighted by atomic mass is 15.1. The molecule has 0 aliphatic rings. The number of fused-ring (bicyclic) bond motifs is 20. The fourth-order valence-electron chi connectivity index (χ4n) is 21.1. The SMILES string of the molecule is c1ccc(-c2nc(-c3ccc(-c4ccc5ccc6c7ccccc7ccc6c5c4)cc3)nc(-c3ccc4ccccc4c3)n2)cc1.c1ccc(-c2nc(-c3ccc4ccccc4c3)nc(-c3ccc(-c4ccc5ccc6c7ccccc7ccc6c5c4)c4ccccc34)n2)cc1.c1ccc2cc(-c3nc(-c4ccc(-c5ccc6ccc7c8ccccc8ccc7c6c5)cc4)nc(-c4ccc5ccccc5c4)n3)ccc2c1. The number of hydrogen-bond acceptors (Lipinski definition) is 9. The average Bonchev–Trinajstić information content (AvgIpc) is 0.727. The summed E-state index contributed by atoms with van der Waals surface area (Å²) < 4.78 is 0. The summed E-state index contributed by atoms with van der Waals surface area (Å²) in [4.78, 5) is 45.2. The Bertz CT molecular complexity index is 10200. The second-order valence-electron chi connectivity index (χ2n) is 37.4. The van der Waals surface area contributed by atoms with Gasteiger partial charge in [-0.15, -0.1) is 0 Å². The van der Waals surface area contributed by atoms with E-state index in [9.17, 15) is 0 Å². The van der Waals surface area contributed by atoms with Crippen LogP contribution in [0.4, 0.5) is 0 Å². The molecule has 0 amide bonds. The minimum atomic E-state index is 0.647. The van der Waals surface area contributed by atoms with Crippen molar-refractivity contribution in [3.63, 3.8) is 0 Å². The predicted molar refractivity (Wildman–Crippen MR) is 610 cm³/mol. The van der Waals surface area contributed by atoms with Crippen LogP contribution in [-0.2, 0) is 0 Å². The molecule has 3 aromatic heterocycles. The maximum absolute atomic E-state index is 5.14. The first-order chi connectivity index (χ1) is 72.3. The molecule has 0 aliphatic carbocycles. The molecule has 0 fully saturated rings. The Kier molecular flexibility index (Phi) is 21.4. The second-order valence-corrected chi connectivity index (χ2v) is 37.4. The quantitative estimate of drug-likeness (QED) is 0.110. The third-order valence-corrected chi connectivity index (χ3v) is 28.7. The maximum atomic E-state index is 5.14. The Morgan fingerprint density at radius 3 is 0.596 bits per heavy atom. The summed E-state index contributed by atoms with van der Waals surface area (Å²) in [5.74, 6) is 5.89. The van der Waals surface area contributed by atoms with Gasteiger partial charge in [0.1, 0.15) is 0 Å². The number of rotatable bonds is 12. The summed E-state index contributed by atoms with van der Waals surface area (Å²) in [6.07, 6.45) is 0. The fraction of sp³-hybridized carbons (Fsp3) is 0. The van der Waals surface area contributed by atoms with Gasteiger partial charge in [-0.2, -0.15) is 0 Å². The van der Waals surface area contributed by atoms with Crippen LogP contribution in [0, 0.1) is 0 Å². The molecule has 146 heavy (non-hydrogen) atoms. The van der Waals surface area contributed by atoms with Gasteiger partial charge in [-0.3, -0.25) is 0 Å². The lowest BCUT2D eigenvalue weighted by Gasteiger charge is -2.14. The Labute approximate surface area is 841 Å². The lowest BCUT2D eigenvalue weighted by Crippen LogP contribution is -2.00. The van der Waals surface area contributed by atoms with Crippen LogP contribution in [0.25, 0.3) is 287 Å². The lowest BCUT2D eigenvalue weighted by atomic mass is 9.91. The zero-order valence-corrected chi connectivity index (χ0v) is 79.1. The van der Waals surface area contributed by atoms with Gasteiger partial charge >= 0.3 is 0 Å². The largest absolute Gasteiger partial charge is 0.208 e. The van der Waals surface area contributed by atoms with Crippen molar-refractivity contribution in [3.05, 3.63) is 516 Å². The van der Waals surface area contributed by atoms with E-state index in [0.717, 1.165) is 93.5 Å². The molecule has 9 heteroatoms. The topological polar surface area (TPSA) is 116 Å². The van der Waals surface area contributed by atoms with Crippen LogP contribution in [-0.4, -0.2) is 44.9 Å². The zero-order valence-electron chi connectivity index (χ0n) is 79.1. The molecular weight excluding hydrogens is 1770 g/mol. The van der Waals surface area contributed by atoms with Crippen molar-refractivity contribution in [2.45, 2.75) is 0 Å². The van der Waals surface area contributed by atoms with Gasteiger partial charge in [0, 0.05) is 50.1 Å². The molecule has 678 valence electrons. The van der Waals surface area contributed by atoms with E-state index in [-0.39, 0.29) is 0 Å². The molecule has 0 radical (unpaired) electrons. The summed E-state index contributed by atoms with van der Waals surface area (Å²) in [6.45, 7) is 0. The van der Waals surface area contributed by atoms with Gasteiger partial charge in [-0.25, -0.2) is 44.9 Å². The van der Waals surface area contributed by atoms with Crippen LogP contribution in [0.3, 0.4) is 0 Å². The Balaban J connectivity index is 0.000000109. The molecular formula is C137H85N9. The highest BCUT2D eigenvalue weighted by molar-refractivity contribution is 6.21. The van der Waals surface area contributed by atoms with E-state index in [4.69, 9.17) is 44.9 Å². The van der Waals surface area contributed by atoms with Crippen molar-refractivity contribution >= 4 is 151 Å². The molecule has 0 saturated heterocycles. The van der Waals surface area contributed by atoms with Crippen molar-refractivity contribution in [2.24, 2.45) is 0 Å². The molecule has 0 unspecified atom stereocenters. The summed E-state index contributed by atoms with van der Waals surface area (Å²) >= 11 is 0. The van der Waals surface area contributed by atoms with Gasteiger partial charge in [0.2, 0.25) is 0 Å². The third-order valence-electron chi connectivity index (χ3n) is 28.7. The molecule has 29 aromatic rings. The Hall–Kier alpha value is -19.6. The van der Waals surface area contributed by atoms with E-state index >= 15 is 0 Å². The maximum Gasteiger partial charge on any atom is 0.164 e. The van der Waals surface area contributed by atoms with Crippen molar-refractivity contribution in [2.75, 3.05) is 0 Å². The highest BCUT2D eigenvalue weighted by Crippen LogP contribution is 2.44. The van der Waals surface area contributed by atoms with E-state index in [2.05, 4.69) is 467 Å². The van der Waals surface area contributed by atoms with E-state index in [1.54, 1.807) is 0 Å². The molecule has 0 aliphatic heterocycles. The molecule has 0 saturated carbocycles. The first-order valence-corrected chi connectivity index (χ1v) is 49.4. The molecule has 0 atom stereocenters. The summed E-state index contributed by atoms with van der Waals surface area (Å²) in [6, 6.07) is 183.